The van der Waals surface area contributed by atoms with Crippen LogP contribution < -0.4 is 4.90 Å². The van der Waals surface area contributed by atoms with Gasteiger partial charge in [-0.25, -0.2) is 8.80 Å². The van der Waals surface area contributed by atoms with E-state index in [0.29, 0.717) is 23.8 Å². The summed E-state index contributed by atoms with van der Waals surface area (Å²) in [6, 6.07) is 12.0. The molecule has 2 aromatic rings. The van der Waals surface area contributed by atoms with Crippen molar-refractivity contribution >= 4 is 51.1 Å². The zero-order chi connectivity index (χ0) is 24.4. The second kappa shape index (κ2) is 10.7. The van der Waals surface area contributed by atoms with Crippen molar-refractivity contribution < 1.29 is 14.3 Å². The second-order valence-electron chi connectivity index (χ2n) is 8.83. The van der Waals surface area contributed by atoms with Crippen LogP contribution in [-0.2, 0) is 4.79 Å². The largest absolute Gasteiger partial charge is 0.481 e. The number of aliphatic imine (C=N–C) groups is 1. The van der Waals surface area contributed by atoms with E-state index in [0.717, 1.165) is 41.1 Å². The van der Waals surface area contributed by atoms with Gasteiger partial charge in [-0.1, -0.05) is 28.1 Å². The number of hydrogen-bond acceptors (Lipinski definition) is 7. The number of carboxylic acid groups (broad SMARTS) is 1. The van der Waals surface area contributed by atoms with Gasteiger partial charge in [-0.05, 0) is 74.6 Å². The summed E-state index contributed by atoms with van der Waals surface area (Å²) in [6.07, 6.45) is 2.77. The van der Waals surface area contributed by atoms with Gasteiger partial charge in [-0.15, -0.1) is 5.10 Å². The third-order valence-electron chi connectivity index (χ3n) is 6.45. The fraction of sp³-hybridized carbons (Fsp3) is 0.400. The number of carbonyl (C=O) groups is 1. The van der Waals surface area contributed by atoms with Crippen molar-refractivity contribution in [1.82, 2.24) is 9.31 Å². The van der Waals surface area contributed by atoms with E-state index in [1.165, 1.54) is 18.9 Å². The first-order valence-electron chi connectivity index (χ1n) is 11.8. The molecule has 10 heteroatoms. The number of hydrazone groups is 1. The quantitative estimate of drug-likeness (QED) is 0.468. The van der Waals surface area contributed by atoms with Gasteiger partial charge in [0.05, 0.1) is 11.4 Å². The highest BCUT2D eigenvalue weighted by Gasteiger charge is 2.36. The summed E-state index contributed by atoms with van der Waals surface area (Å²) >= 11 is 5.23. The van der Waals surface area contributed by atoms with Crippen molar-refractivity contribution in [3.8, 4) is 0 Å². The fourth-order valence-corrected chi connectivity index (χ4v) is 5.98. The Bertz CT molecular complexity index is 1170. The van der Waals surface area contributed by atoms with Crippen LogP contribution in [0.3, 0.4) is 0 Å². The maximum Gasteiger partial charge on any atom is 0.303 e. The molecule has 0 aliphatic carbocycles. The Labute approximate surface area is 217 Å². The van der Waals surface area contributed by atoms with E-state index in [9.17, 15) is 14.3 Å². The molecule has 0 aromatic heterocycles. The fourth-order valence-electron chi connectivity index (χ4n) is 4.73. The number of nitrogens with zero attached hydrogens (tertiary/aromatic N) is 5. The van der Waals surface area contributed by atoms with E-state index in [4.69, 9.17) is 10.1 Å². The number of fused-ring (bicyclic) bond motifs is 3. The monoisotopic (exact) mass is 559 g/mol. The summed E-state index contributed by atoms with van der Waals surface area (Å²) in [7, 11) is 0. The van der Waals surface area contributed by atoms with Crippen molar-refractivity contribution in [3.63, 3.8) is 0 Å². The lowest BCUT2D eigenvalue weighted by molar-refractivity contribution is -0.137. The predicted octanol–water partition coefficient (Wildman–Crippen LogP) is 4.81. The summed E-state index contributed by atoms with van der Waals surface area (Å²) in [4.78, 5) is 21.0. The van der Waals surface area contributed by atoms with Crippen LogP contribution in [0.15, 0.2) is 57.0 Å². The lowest BCUT2D eigenvalue weighted by Crippen LogP contribution is -2.36. The number of benzene rings is 2. The van der Waals surface area contributed by atoms with E-state index < -0.39 is 12.0 Å². The minimum Gasteiger partial charge on any atom is -0.481 e. The maximum atomic E-state index is 14.9. The van der Waals surface area contributed by atoms with Crippen LogP contribution in [-0.4, -0.2) is 70.0 Å². The highest BCUT2D eigenvalue weighted by molar-refractivity contribution is 9.10. The average Bonchev–Trinajstić information content (AvgIpc) is 3.48. The van der Waals surface area contributed by atoms with Gasteiger partial charge in [-0.3, -0.25) is 9.79 Å². The maximum absolute atomic E-state index is 14.9. The lowest BCUT2D eigenvalue weighted by atomic mass is 9.99. The Morgan fingerprint density at radius 3 is 2.74 bits per heavy atom. The molecule has 1 fully saturated rings. The molecule has 2 aromatic carbocycles. The Morgan fingerprint density at radius 1 is 1.17 bits per heavy atom. The van der Waals surface area contributed by atoms with Crippen LogP contribution in [0, 0.1) is 5.82 Å². The smallest absolute Gasteiger partial charge is 0.303 e. The summed E-state index contributed by atoms with van der Waals surface area (Å²) < 4.78 is 17.7. The standard InChI is InChI=1S/C25H27BrFN5O2S/c26-17-7-9-22-19(15-17)24(18-5-1-2-6-20(18)27)28-21(8-10-23(33)34)25-29-32(16-31(22)25)35-14-13-30-11-3-4-12-30/h1-2,5-7,9,15,21H,3-4,8,10-14,16H2,(H,33,34)/t21-/m0/s1. The van der Waals surface area contributed by atoms with Gasteiger partial charge in [0.15, 0.2) is 5.84 Å². The number of aliphatic carboxylic acids is 1. The summed E-state index contributed by atoms with van der Waals surface area (Å²) in [5.74, 6) is 0.382. The zero-order valence-corrected chi connectivity index (χ0v) is 21.6. The molecule has 0 bridgehead atoms. The van der Waals surface area contributed by atoms with Crippen molar-refractivity contribution in [2.24, 2.45) is 10.1 Å². The molecule has 0 saturated carbocycles. The van der Waals surface area contributed by atoms with Gasteiger partial charge < -0.3 is 14.9 Å². The van der Waals surface area contributed by atoms with E-state index >= 15 is 0 Å². The second-order valence-corrected chi connectivity index (χ2v) is 10.8. The summed E-state index contributed by atoms with van der Waals surface area (Å²) in [5, 5.41) is 14.3. The normalized spacial score (nSPS) is 19.8. The Balaban J connectivity index is 1.51. The molecule has 0 amide bonds. The average molecular weight is 560 g/mol. The van der Waals surface area contributed by atoms with Gasteiger partial charge in [0, 0.05) is 34.3 Å². The van der Waals surface area contributed by atoms with Crippen LogP contribution in [0.1, 0.15) is 36.8 Å². The molecular weight excluding hydrogens is 533 g/mol. The zero-order valence-electron chi connectivity index (χ0n) is 19.2. The molecule has 184 valence electrons. The van der Waals surface area contributed by atoms with Gasteiger partial charge >= 0.3 is 5.97 Å². The number of amidine groups is 1. The first-order valence-corrected chi connectivity index (χ1v) is 13.6. The number of anilines is 1. The molecule has 1 saturated heterocycles. The number of likely N-dealkylation sites (tertiary alicyclic amines) is 1. The van der Waals surface area contributed by atoms with Crippen LogP contribution >= 0.6 is 27.9 Å². The molecule has 1 atom stereocenters. The third-order valence-corrected chi connectivity index (χ3v) is 7.80. The molecule has 0 radical (unpaired) electrons. The topological polar surface area (TPSA) is 71.7 Å². The first-order chi connectivity index (χ1) is 17.0. The van der Waals surface area contributed by atoms with Gasteiger partial charge in [-0.2, -0.15) is 0 Å². The number of rotatable bonds is 8. The number of halogens is 2. The van der Waals surface area contributed by atoms with E-state index in [1.807, 2.05) is 22.6 Å². The van der Waals surface area contributed by atoms with Crippen molar-refractivity contribution in [2.75, 3.05) is 37.0 Å². The van der Waals surface area contributed by atoms with Crippen LogP contribution in [0.4, 0.5) is 10.1 Å². The first kappa shape index (κ1) is 24.3. The van der Waals surface area contributed by atoms with Gasteiger partial charge in [0.25, 0.3) is 0 Å². The van der Waals surface area contributed by atoms with Gasteiger partial charge in [0.2, 0.25) is 0 Å². The minimum absolute atomic E-state index is 0.0479. The summed E-state index contributed by atoms with van der Waals surface area (Å²) in [6.45, 7) is 3.87. The van der Waals surface area contributed by atoms with Crippen LogP contribution in [0.5, 0.6) is 0 Å². The molecule has 7 nitrogen and oxygen atoms in total. The Morgan fingerprint density at radius 2 is 1.97 bits per heavy atom. The molecule has 35 heavy (non-hydrogen) atoms. The Kier molecular flexibility index (Phi) is 7.40. The van der Waals surface area contributed by atoms with Crippen LogP contribution in [0.25, 0.3) is 0 Å². The summed E-state index contributed by atoms with van der Waals surface area (Å²) in [5.41, 5.74) is 2.58. The van der Waals surface area contributed by atoms with Crippen LogP contribution in [0.2, 0.25) is 0 Å². The van der Waals surface area contributed by atoms with Crippen molar-refractivity contribution in [3.05, 3.63) is 63.9 Å². The highest BCUT2D eigenvalue weighted by atomic mass is 79.9. The molecule has 0 spiro atoms. The van der Waals surface area contributed by atoms with E-state index in [2.05, 4.69) is 25.7 Å². The van der Waals surface area contributed by atoms with Crippen molar-refractivity contribution in [2.45, 2.75) is 31.7 Å². The SMILES string of the molecule is O=C(O)CC[C@@H]1N=C(c2ccccc2F)c2cc(Br)ccc2N2CN(SCCN3CCCC3)N=C12. The molecular formula is C25H27BrFN5O2S. The molecule has 3 heterocycles. The number of carboxylic acids is 1. The molecule has 0 unspecified atom stereocenters. The van der Waals surface area contributed by atoms with Crippen molar-refractivity contribution in [1.29, 1.82) is 0 Å². The number of hydrogen-bond donors (Lipinski definition) is 1. The molecule has 5 rings (SSSR count). The van der Waals surface area contributed by atoms with E-state index in [1.54, 1.807) is 30.1 Å². The molecule has 1 N–H and O–H groups in total. The third kappa shape index (κ3) is 5.39. The highest BCUT2D eigenvalue weighted by Crippen LogP contribution is 2.36. The van der Waals surface area contributed by atoms with E-state index in [-0.39, 0.29) is 18.7 Å². The van der Waals surface area contributed by atoms with Gasteiger partial charge in [0.1, 0.15) is 18.5 Å². The Hall–Kier alpha value is -2.43. The molecule has 3 aliphatic rings. The minimum atomic E-state index is -0.890. The molecule has 3 aliphatic heterocycles. The predicted molar refractivity (Wildman–Crippen MR) is 142 cm³/mol. The lowest BCUT2D eigenvalue weighted by Gasteiger charge is -2.23.